The van der Waals surface area contributed by atoms with Crippen molar-refractivity contribution in [3.63, 3.8) is 0 Å². The molecule has 0 spiro atoms. The van der Waals surface area contributed by atoms with E-state index in [1.165, 1.54) is 21.6 Å². The number of piperazine rings is 1. The van der Waals surface area contributed by atoms with E-state index in [4.69, 9.17) is 0 Å². The second kappa shape index (κ2) is 10.3. The van der Waals surface area contributed by atoms with Crippen molar-refractivity contribution in [2.45, 2.75) is 38.8 Å². The maximum Gasteiger partial charge on any atom is 0.254 e. The van der Waals surface area contributed by atoms with Crippen LogP contribution in [0.1, 0.15) is 51.8 Å². The fourth-order valence-corrected chi connectivity index (χ4v) is 6.28. The van der Waals surface area contributed by atoms with Crippen molar-refractivity contribution in [2.24, 2.45) is 0 Å². The lowest BCUT2D eigenvalue weighted by molar-refractivity contribution is -0.135. The predicted octanol–water partition coefficient (Wildman–Crippen LogP) is 4.63. The summed E-state index contributed by atoms with van der Waals surface area (Å²) >= 11 is 1.82. The third-order valence-corrected chi connectivity index (χ3v) is 8.37. The van der Waals surface area contributed by atoms with Crippen molar-refractivity contribution < 1.29 is 9.59 Å². The van der Waals surface area contributed by atoms with Gasteiger partial charge in [0.25, 0.3) is 5.91 Å². The number of hydrogen-bond acceptors (Lipinski definition) is 4. The Balaban J connectivity index is 1.25. The third kappa shape index (κ3) is 4.91. The lowest BCUT2D eigenvalue weighted by atomic mass is 9.93. The Morgan fingerprint density at radius 2 is 1.74 bits per heavy atom. The molecule has 0 radical (unpaired) electrons. The third-order valence-electron chi connectivity index (χ3n) is 7.37. The van der Waals surface area contributed by atoms with Crippen LogP contribution in [0, 0.1) is 0 Å². The number of carbonyl (C=O) groups is 2. The van der Waals surface area contributed by atoms with Gasteiger partial charge in [-0.2, -0.15) is 0 Å². The normalized spacial score (nSPS) is 20.5. The van der Waals surface area contributed by atoms with Crippen LogP contribution in [0.4, 0.5) is 0 Å². The highest BCUT2D eigenvalue weighted by Crippen LogP contribution is 2.37. The van der Waals surface area contributed by atoms with Crippen molar-refractivity contribution in [1.82, 2.24) is 14.7 Å². The number of carbonyl (C=O) groups excluding carboxylic acids is 2. The van der Waals surface area contributed by atoms with Gasteiger partial charge in [-0.05, 0) is 60.0 Å². The van der Waals surface area contributed by atoms with Gasteiger partial charge < -0.3 is 9.80 Å². The van der Waals surface area contributed by atoms with Crippen LogP contribution in [-0.4, -0.2) is 65.3 Å². The van der Waals surface area contributed by atoms with E-state index < -0.39 is 0 Å². The Morgan fingerprint density at radius 1 is 0.971 bits per heavy atom. The van der Waals surface area contributed by atoms with Gasteiger partial charge in [0.15, 0.2) is 0 Å². The molecule has 1 saturated heterocycles. The fourth-order valence-electron chi connectivity index (χ4n) is 5.37. The molecule has 1 aromatic heterocycles. The summed E-state index contributed by atoms with van der Waals surface area (Å²) < 4.78 is 0. The average Bonchev–Trinajstić information content (AvgIpc) is 3.37. The Bertz CT molecular complexity index is 1170. The number of fused-ring (bicyclic) bond motifs is 1. The van der Waals surface area contributed by atoms with Crippen molar-refractivity contribution in [3.05, 3.63) is 93.2 Å². The molecule has 2 aliphatic heterocycles. The van der Waals surface area contributed by atoms with Crippen LogP contribution in [0.3, 0.4) is 0 Å². The molecule has 5 rings (SSSR count). The quantitative estimate of drug-likeness (QED) is 0.527. The summed E-state index contributed by atoms with van der Waals surface area (Å²) in [6.07, 6.45) is 1.95. The van der Waals surface area contributed by atoms with E-state index in [0.29, 0.717) is 26.2 Å². The highest BCUT2D eigenvalue weighted by Gasteiger charge is 2.34. The molecule has 2 aliphatic rings. The predicted molar refractivity (Wildman–Crippen MR) is 141 cm³/mol. The molecule has 5 nitrogen and oxygen atoms in total. The number of rotatable bonds is 5. The number of aryl methyl sites for hydroxylation is 1. The molecule has 2 atom stereocenters. The molecule has 182 valence electrons. The standard InChI is InChI=1S/C29H33N3O2S/c1-3-22-9-11-24(12-10-22)29(34)32-17-16-30(19-21(32)2)27(33)20-31-15-13-26-25(14-18-35-26)28(31)23-7-5-4-6-8-23/h4-12,14,18,21,28H,3,13,15-17,19-20H2,1-2H3/t21-,28-/m1/s1. The molecule has 0 unspecified atom stereocenters. The van der Waals surface area contributed by atoms with Gasteiger partial charge in [-0.1, -0.05) is 49.4 Å². The smallest absolute Gasteiger partial charge is 0.254 e. The van der Waals surface area contributed by atoms with Gasteiger partial charge in [-0.15, -0.1) is 11.3 Å². The molecule has 0 saturated carbocycles. The zero-order chi connectivity index (χ0) is 24.4. The van der Waals surface area contributed by atoms with Gasteiger partial charge in [0.2, 0.25) is 5.91 Å². The Kier molecular flexibility index (Phi) is 7.02. The first-order valence-corrected chi connectivity index (χ1v) is 13.5. The van der Waals surface area contributed by atoms with Crippen LogP contribution in [0.2, 0.25) is 0 Å². The average molecular weight is 488 g/mol. The van der Waals surface area contributed by atoms with Gasteiger partial charge in [0, 0.05) is 42.7 Å². The van der Waals surface area contributed by atoms with Crippen LogP contribution >= 0.6 is 11.3 Å². The summed E-state index contributed by atoms with van der Waals surface area (Å²) in [5, 5.41) is 2.17. The van der Waals surface area contributed by atoms with Crippen molar-refractivity contribution in [3.8, 4) is 0 Å². The van der Waals surface area contributed by atoms with E-state index in [1.807, 2.05) is 58.4 Å². The molecule has 2 aromatic carbocycles. The number of hydrogen-bond donors (Lipinski definition) is 0. The largest absolute Gasteiger partial charge is 0.338 e. The number of thiophene rings is 1. The van der Waals surface area contributed by atoms with E-state index in [-0.39, 0.29) is 23.9 Å². The maximum atomic E-state index is 13.4. The summed E-state index contributed by atoms with van der Waals surface area (Å²) in [6.45, 7) is 7.15. The lowest BCUT2D eigenvalue weighted by Gasteiger charge is -2.42. The topological polar surface area (TPSA) is 43.9 Å². The molecule has 0 bridgehead atoms. The summed E-state index contributed by atoms with van der Waals surface area (Å²) in [5.74, 6) is 0.202. The molecule has 2 amide bonds. The SMILES string of the molecule is CCc1ccc(C(=O)N2CCN(C(=O)CN3CCc4sccc4[C@H]3c3ccccc3)C[C@H]2C)cc1. The summed E-state index contributed by atoms with van der Waals surface area (Å²) in [5.41, 5.74) is 4.51. The van der Waals surface area contributed by atoms with Gasteiger partial charge in [0.1, 0.15) is 0 Å². The van der Waals surface area contributed by atoms with E-state index in [0.717, 1.165) is 24.9 Å². The van der Waals surface area contributed by atoms with E-state index in [1.54, 1.807) is 0 Å². The molecule has 6 heteroatoms. The van der Waals surface area contributed by atoms with Gasteiger partial charge in [0.05, 0.1) is 12.6 Å². The van der Waals surface area contributed by atoms with Crippen LogP contribution in [0.25, 0.3) is 0 Å². The zero-order valence-corrected chi connectivity index (χ0v) is 21.3. The van der Waals surface area contributed by atoms with Crippen LogP contribution in [0.5, 0.6) is 0 Å². The first kappa shape index (κ1) is 23.8. The molecule has 0 aliphatic carbocycles. The van der Waals surface area contributed by atoms with E-state index in [9.17, 15) is 9.59 Å². The highest BCUT2D eigenvalue weighted by molar-refractivity contribution is 7.10. The first-order chi connectivity index (χ1) is 17.0. The second-order valence-corrected chi connectivity index (χ2v) is 10.6. The van der Waals surface area contributed by atoms with Crippen LogP contribution in [0.15, 0.2) is 66.0 Å². The van der Waals surface area contributed by atoms with Crippen molar-refractivity contribution in [1.29, 1.82) is 0 Å². The molecule has 3 heterocycles. The molecule has 1 fully saturated rings. The van der Waals surface area contributed by atoms with Gasteiger partial charge in [-0.3, -0.25) is 14.5 Å². The number of benzene rings is 2. The maximum absolute atomic E-state index is 13.4. The fraction of sp³-hybridized carbons (Fsp3) is 0.379. The molecular formula is C29H33N3O2S. The minimum absolute atomic E-state index is 0.0131. The number of amides is 2. The Labute approximate surface area is 212 Å². The number of nitrogens with zero attached hydrogens (tertiary/aromatic N) is 3. The summed E-state index contributed by atoms with van der Waals surface area (Å²) in [6, 6.07) is 20.7. The molecule has 3 aromatic rings. The summed E-state index contributed by atoms with van der Waals surface area (Å²) in [4.78, 5) is 34.2. The van der Waals surface area contributed by atoms with E-state index >= 15 is 0 Å². The highest BCUT2D eigenvalue weighted by atomic mass is 32.1. The Morgan fingerprint density at radius 3 is 2.46 bits per heavy atom. The zero-order valence-electron chi connectivity index (χ0n) is 20.5. The van der Waals surface area contributed by atoms with E-state index in [2.05, 4.69) is 47.5 Å². The second-order valence-electron chi connectivity index (χ2n) is 9.57. The van der Waals surface area contributed by atoms with Gasteiger partial charge in [-0.25, -0.2) is 0 Å². The monoisotopic (exact) mass is 487 g/mol. The molecule has 35 heavy (non-hydrogen) atoms. The van der Waals surface area contributed by atoms with Gasteiger partial charge >= 0.3 is 0 Å². The minimum Gasteiger partial charge on any atom is -0.338 e. The van der Waals surface area contributed by atoms with Crippen LogP contribution in [-0.2, 0) is 17.6 Å². The van der Waals surface area contributed by atoms with Crippen molar-refractivity contribution in [2.75, 3.05) is 32.7 Å². The Hall–Kier alpha value is -2.96. The lowest BCUT2D eigenvalue weighted by Crippen LogP contribution is -2.57. The molecule has 0 N–H and O–H groups in total. The van der Waals surface area contributed by atoms with Crippen molar-refractivity contribution >= 4 is 23.2 Å². The summed E-state index contributed by atoms with van der Waals surface area (Å²) in [7, 11) is 0. The molecular weight excluding hydrogens is 454 g/mol. The minimum atomic E-state index is -0.0131. The van der Waals surface area contributed by atoms with Crippen LogP contribution < -0.4 is 0 Å². The first-order valence-electron chi connectivity index (χ1n) is 12.6.